The number of hydrogen-bond donors (Lipinski definition) is 2. The Morgan fingerprint density at radius 1 is 1.20 bits per heavy atom. The third kappa shape index (κ3) is 4.79. The highest BCUT2D eigenvalue weighted by Crippen LogP contribution is 2.14. The lowest BCUT2D eigenvalue weighted by Gasteiger charge is -2.05. The maximum Gasteiger partial charge on any atom is 0.257 e. The van der Waals surface area contributed by atoms with Crippen molar-refractivity contribution in [1.29, 1.82) is 0 Å². The molecule has 1 aromatic heterocycles. The van der Waals surface area contributed by atoms with E-state index in [0.717, 1.165) is 5.56 Å². The lowest BCUT2D eigenvalue weighted by Crippen LogP contribution is -2.14. The van der Waals surface area contributed by atoms with Crippen LogP contribution in [0.1, 0.15) is 11.3 Å². The van der Waals surface area contributed by atoms with E-state index in [9.17, 15) is 13.9 Å². The zero-order valence-electron chi connectivity index (χ0n) is 10.7. The summed E-state index contributed by atoms with van der Waals surface area (Å²) in [4.78, 5) is 0. The molecule has 0 bridgehead atoms. The first kappa shape index (κ1) is 16.4. The first-order valence-corrected chi connectivity index (χ1v) is 5.93. The van der Waals surface area contributed by atoms with Gasteiger partial charge >= 0.3 is 0 Å². The maximum atomic E-state index is 12.1. The molecular formula is C13H16ClF2N3O. The molecule has 0 spiro atoms. The van der Waals surface area contributed by atoms with Gasteiger partial charge in [-0.1, -0.05) is 18.2 Å². The second-order valence-corrected chi connectivity index (χ2v) is 4.15. The lowest BCUT2D eigenvalue weighted by molar-refractivity contribution is 0.121. The van der Waals surface area contributed by atoms with E-state index in [1.54, 1.807) is 18.2 Å². The van der Waals surface area contributed by atoms with Gasteiger partial charge in [0.1, 0.15) is 12.3 Å². The Balaban J connectivity index is 0.00000200. The van der Waals surface area contributed by atoms with Crippen molar-refractivity contribution in [3.63, 3.8) is 0 Å². The van der Waals surface area contributed by atoms with Gasteiger partial charge in [-0.25, -0.2) is 8.78 Å². The van der Waals surface area contributed by atoms with E-state index >= 15 is 0 Å². The number of aromatic hydroxyl groups is 1. The van der Waals surface area contributed by atoms with E-state index < -0.39 is 6.43 Å². The molecule has 0 unspecified atom stereocenters. The van der Waals surface area contributed by atoms with E-state index in [-0.39, 0.29) is 24.7 Å². The largest absolute Gasteiger partial charge is 0.508 e. The Morgan fingerprint density at radius 2 is 1.95 bits per heavy atom. The number of alkyl halides is 2. The molecule has 2 rings (SSSR count). The van der Waals surface area contributed by atoms with Crippen molar-refractivity contribution >= 4 is 12.4 Å². The number of phenols is 1. The number of nitrogens with one attached hydrogen (secondary N) is 1. The number of phenolic OH excluding ortho intramolecular Hbond substituents is 1. The van der Waals surface area contributed by atoms with Crippen LogP contribution in [-0.2, 0) is 19.6 Å². The predicted molar refractivity (Wildman–Crippen MR) is 74.1 cm³/mol. The van der Waals surface area contributed by atoms with Crippen LogP contribution in [0.25, 0.3) is 0 Å². The molecule has 1 heterocycles. The van der Waals surface area contributed by atoms with Crippen LogP contribution in [0.3, 0.4) is 0 Å². The zero-order chi connectivity index (χ0) is 13.7. The van der Waals surface area contributed by atoms with Crippen molar-refractivity contribution < 1.29 is 13.9 Å². The van der Waals surface area contributed by atoms with Gasteiger partial charge in [-0.2, -0.15) is 5.10 Å². The summed E-state index contributed by atoms with van der Waals surface area (Å²) in [6.07, 6.45) is -0.870. The smallest absolute Gasteiger partial charge is 0.257 e. The Hall–Kier alpha value is -1.66. The number of benzene rings is 1. The highest BCUT2D eigenvalue weighted by atomic mass is 35.5. The fourth-order valence-corrected chi connectivity index (χ4v) is 1.73. The van der Waals surface area contributed by atoms with Gasteiger partial charge in [0.05, 0.1) is 5.69 Å². The molecule has 0 aliphatic heterocycles. The molecule has 4 nitrogen and oxygen atoms in total. The summed E-state index contributed by atoms with van der Waals surface area (Å²) >= 11 is 0. The van der Waals surface area contributed by atoms with Crippen LogP contribution < -0.4 is 5.32 Å². The molecule has 7 heteroatoms. The number of nitrogens with zero attached hydrogens (tertiary/aromatic N) is 2. The van der Waals surface area contributed by atoms with Crippen molar-refractivity contribution in [2.75, 3.05) is 0 Å². The van der Waals surface area contributed by atoms with Crippen LogP contribution in [0.2, 0.25) is 0 Å². The van der Waals surface area contributed by atoms with Crippen LogP contribution in [-0.4, -0.2) is 21.3 Å². The first-order valence-electron chi connectivity index (χ1n) is 5.93. The molecule has 1 aromatic carbocycles. The fourth-order valence-electron chi connectivity index (χ4n) is 1.73. The van der Waals surface area contributed by atoms with Crippen molar-refractivity contribution in [3.8, 4) is 5.75 Å². The van der Waals surface area contributed by atoms with Crippen LogP contribution in [0.5, 0.6) is 5.75 Å². The number of para-hydroxylation sites is 1. The summed E-state index contributed by atoms with van der Waals surface area (Å²) < 4.78 is 25.5. The Labute approximate surface area is 121 Å². The minimum absolute atomic E-state index is 0. The van der Waals surface area contributed by atoms with E-state index in [1.165, 1.54) is 10.9 Å². The van der Waals surface area contributed by atoms with E-state index in [1.807, 2.05) is 12.1 Å². The topological polar surface area (TPSA) is 50.1 Å². The van der Waals surface area contributed by atoms with E-state index in [0.29, 0.717) is 18.8 Å². The molecule has 0 atom stereocenters. The molecule has 0 aliphatic rings. The van der Waals surface area contributed by atoms with Crippen LogP contribution in [0.15, 0.2) is 36.5 Å². The average molecular weight is 304 g/mol. The highest BCUT2D eigenvalue weighted by molar-refractivity contribution is 5.85. The summed E-state index contributed by atoms with van der Waals surface area (Å²) in [5, 5.41) is 16.7. The minimum atomic E-state index is -2.40. The van der Waals surface area contributed by atoms with Gasteiger partial charge < -0.3 is 10.4 Å². The second-order valence-electron chi connectivity index (χ2n) is 4.15. The second kappa shape index (κ2) is 7.81. The van der Waals surface area contributed by atoms with Crippen LogP contribution in [0.4, 0.5) is 8.78 Å². The van der Waals surface area contributed by atoms with E-state index in [4.69, 9.17) is 0 Å². The highest BCUT2D eigenvalue weighted by Gasteiger charge is 2.06. The number of aromatic nitrogens is 2. The number of halogens is 3. The summed E-state index contributed by atoms with van der Waals surface area (Å²) in [7, 11) is 0. The van der Waals surface area contributed by atoms with Gasteiger partial charge in [0.25, 0.3) is 6.43 Å². The standard InChI is InChI=1S/C13H15F2N3O.ClH/c14-13(15)9-18-6-5-11(17-18)8-16-7-10-3-1-2-4-12(10)19;/h1-6,13,16,19H,7-9H2;1H. The Morgan fingerprint density at radius 3 is 2.65 bits per heavy atom. The molecule has 0 fully saturated rings. The molecule has 0 saturated carbocycles. The van der Waals surface area contributed by atoms with Gasteiger partial charge in [0, 0.05) is 24.8 Å². The Kier molecular flexibility index (Phi) is 6.41. The van der Waals surface area contributed by atoms with E-state index in [2.05, 4.69) is 10.4 Å². The molecule has 110 valence electrons. The van der Waals surface area contributed by atoms with Gasteiger partial charge in [-0.05, 0) is 12.1 Å². The summed E-state index contributed by atoms with van der Waals surface area (Å²) in [5.41, 5.74) is 1.48. The SMILES string of the molecule is Cl.Oc1ccccc1CNCc1ccn(CC(F)F)n1. The minimum Gasteiger partial charge on any atom is -0.508 e. The lowest BCUT2D eigenvalue weighted by atomic mass is 10.2. The van der Waals surface area contributed by atoms with Crippen molar-refractivity contribution in [2.24, 2.45) is 0 Å². The summed E-state index contributed by atoms with van der Waals surface area (Å²) in [6, 6.07) is 8.73. The van der Waals surface area contributed by atoms with Crippen LogP contribution in [0, 0.1) is 0 Å². The first-order chi connectivity index (χ1) is 9.15. The normalized spacial score (nSPS) is 10.6. The monoisotopic (exact) mass is 303 g/mol. The number of hydrogen-bond acceptors (Lipinski definition) is 3. The summed E-state index contributed by atoms with van der Waals surface area (Å²) in [5.74, 6) is 0.234. The third-order valence-electron chi connectivity index (χ3n) is 2.63. The average Bonchev–Trinajstić information content (AvgIpc) is 2.78. The zero-order valence-corrected chi connectivity index (χ0v) is 11.5. The number of rotatable bonds is 6. The molecule has 20 heavy (non-hydrogen) atoms. The molecular weight excluding hydrogens is 288 g/mol. The molecule has 0 saturated heterocycles. The van der Waals surface area contributed by atoms with Gasteiger partial charge in [-0.15, -0.1) is 12.4 Å². The van der Waals surface area contributed by atoms with Crippen LogP contribution >= 0.6 is 12.4 Å². The molecule has 0 aliphatic carbocycles. The third-order valence-corrected chi connectivity index (χ3v) is 2.63. The van der Waals surface area contributed by atoms with Gasteiger partial charge in [-0.3, -0.25) is 4.68 Å². The summed E-state index contributed by atoms with van der Waals surface area (Å²) in [6.45, 7) is 0.568. The molecule has 0 amide bonds. The van der Waals surface area contributed by atoms with Crippen molar-refractivity contribution in [1.82, 2.24) is 15.1 Å². The van der Waals surface area contributed by atoms with Crippen molar-refractivity contribution in [3.05, 3.63) is 47.8 Å². The fraction of sp³-hybridized carbons (Fsp3) is 0.308. The van der Waals surface area contributed by atoms with Gasteiger partial charge in [0.15, 0.2) is 0 Å². The molecule has 2 N–H and O–H groups in total. The quantitative estimate of drug-likeness (QED) is 0.862. The molecule has 0 radical (unpaired) electrons. The Bertz CT molecular complexity index is 534. The maximum absolute atomic E-state index is 12.1. The van der Waals surface area contributed by atoms with Crippen molar-refractivity contribution in [2.45, 2.75) is 26.1 Å². The molecule has 2 aromatic rings. The predicted octanol–water partition coefficient (Wildman–Crippen LogP) is 2.57. The van der Waals surface area contributed by atoms with Gasteiger partial charge in [0.2, 0.25) is 0 Å².